The Morgan fingerprint density at radius 1 is 1.26 bits per heavy atom. The van der Waals surface area contributed by atoms with Crippen LogP contribution in [0, 0.1) is 0 Å². The van der Waals surface area contributed by atoms with Gasteiger partial charge < -0.3 is 8.98 Å². The van der Waals surface area contributed by atoms with Crippen molar-refractivity contribution in [3.8, 4) is 11.5 Å². The van der Waals surface area contributed by atoms with E-state index in [1.807, 2.05) is 25.1 Å². The molecule has 0 amide bonds. The molecule has 0 N–H and O–H groups in total. The monoisotopic (exact) mass is 373 g/mol. The van der Waals surface area contributed by atoms with E-state index in [-0.39, 0.29) is 17.4 Å². The summed E-state index contributed by atoms with van der Waals surface area (Å²) in [6.07, 6.45) is 2.50. The lowest BCUT2D eigenvalue weighted by atomic mass is 10.0. The van der Waals surface area contributed by atoms with Crippen molar-refractivity contribution in [2.75, 3.05) is 0 Å². The van der Waals surface area contributed by atoms with E-state index >= 15 is 0 Å². The summed E-state index contributed by atoms with van der Waals surface area (Å²) in [5.41, 5.74) is 1.43. The molecule has 0 spiro atoms. The van der Waals surface area contributed by atoms with Crippen LogP contribution < -0.4 is 5.56 Å². The predicted octanol–water partition coefficient (Wildman–Crippen LogP) is 3.54. The minimum absolute atomic E-state index is 0.0784. The highest BCUT2D eigenvalue weighted by molar-refractivity contribution is 9.10. The highest BCUT2D eigenvalue weighted by Gasteiger charge is 2.18. The zero-order chi connectivity index (χ0) is 16.4. The summed E-state index contributed by atoms with van der Waals surface area (Å²) in [7, 11) is 1.69. The minimum Gasteiger partial charge on any atom is -0.420 e. The first-order chi connectivity index (χ1) is 11.0. The molecule has 1 unspecified atom stereocenters. The van der Waals surface area contributed by atoms with E-state index in [9.17, 15) is 4.79 Å². The molecular weight excluding hydrogens is 358 g/mol. The Kier molecular flexibility index (Phi) is 4.43. The van der Waals surface area contributed by atoms with Crippen molar-refractivity contribution in [2.24, 2.45) is 7.05 Å². The third-order valence-corrected chi connectivity index (χ3v) is 4.06. The van der Waals surface area contributed by atoms with Crippen LogP contribution in [0.5, 0.6) is 0 Å². The molecule has 3 rings (SSSR count). The summed E-state index contributed by atoms with van der Waals surface area (Å²) in [5.74, 6) is 0.863. The van der Waals surface area contributed by atoms with Gasteiger partial charge in [-0.05, 0) is 34.0 Å². The smallest absolute Gasteiger partial charge is 0.263 e. The number of rotatable bonds is 4. The van der Waals surface area contributed by atoms with Gasteiger partial charge in [0, 0.05) is 23.6 Å². The van der Waals surface area contributed by atoms with Gasteiger partial charge in [-0.25, -0.2) is 0 Å². The molecule has 1 atom stereocenters. The Morgan fingerprint density at radius 3 is 2.74 bits per heavy atom. The molecule has 23 heavy (non-hydrogen) atoms. The zero-order valence-corrected chi connectivity index (χ0v) is 14.4. The molecule has 2 aromatic heterocycles. The van der Waals surface area contributed by atoms with Crippen molar-refractivity contribution in [2.45, 2.75) is 19.3 Å². The molecular formula is C17H16BrN3O2. The molecule has 1 aromatic carbocycles. The van der Waals surface area contributed by atoms with Gasteiger partial charge in [0.15, 0.2) is 0 Å². The largest absolute Gasteiger partial charge is 0.420 e. The Hall–Kier alpha value is -2.21. The minimum atomic E-state index is -0.167. The summed E-state index contributed by atoms with van der Waals surface area (Å²) < 4.78 is 8.00. The fraction of sp³-hybridized carbons (Fsp3) is 0.235. The topological polar surface area (TPSA) is 60.9 Å². The lowest BCUT2D eigenvalue weighted by Gasteiger charge is -2.06. The molecule has 118 valence electrons. The number of benzene rings is 1. The molecule has 0 bridgehead atoms. The maximum atomic E-state index is 12.2. The molecule has 0 aliphatic heterocycles. The van der Waals surface area contributed by atoms with Gasteiger partial charge in [-0.15, -0.1) is 10.2 Å². The third-order valence-electron chi connectivity index (χ3n) is 3.63. The Bertz CT molecular complexity index is 871. The lowest BCUT2D eigenvalue weighted by Crippen LogP contribution is -2.17. The van der Waals surface area contributed by atoms with E-state index in [1.165, 1.54) is 10.1 Å². The van der Waals surface area contributed by atoms with Crippen molar-refractivity contribution < 1.29 is 4.42 Å². The number of pyridine rings is 1. The van der Waals surface area contributed by atoms with Crippen molar-refractivity contribution >= 4 is 15.9 Å². The van der Waals surface area contributed by atoms with Crippen LogP contribution in [-0.2, 0) is 13.5 Å². The maximum Gasteiger partial charge on any atom is 0.263 e. The molecule has 6 heteroatoms. The van der Waals surface area contributed by atoms with Crippen LogP contribution in [0.25, 0.3) is 11.5 Å². The molecule has 0 fully saturated rings. The van der Waals surface area contributed by atoms with E-state index in [2.05, 4.69) is 38.3 Å². The molecule has 3 aromatic rings. The van der Waals surface area contributed by atoms with Crippen LogP contribution in [0.4, 0.5) is 0 Å². The van der Waals surface area contributed by atoms with Gasteiger partial charge in [-0.3, -0.25) is 4.79 Å². The summed E-state index contributed by atoms with van der Waals surface area (Å²) in [6.45, 7) is 2.03. The van der Waals surface area contributed by atoms with E-state index in [0.29, 0.717) is 11.5 Å². The summed E-state index contributed by atoms with van der Waals surface area (Å²) >= 11 is 3.37. The van der Waals surface area contributed by atoms with Gasteiger partial charge in [0.1, 0.15) is 5.56 Å². The van der Waals surface area contributed by atoms with Crippen molar-refractivity contribution in [1.29, 1.82) is 0 Å². The van der Waals surface area contributed by atoms with Gasteiger partial charge in [0.05, 0.1) is 0 Å². The molecule has 5 nitrogen and oxygen atoms in total. The maximum absolute atomic E-state index is 12.2. The van der Waals surface area contributed by atoms with Crippen LogP contribution in [-0.4, -0.2) is 14.8 Å². The number of hydrogen-bond donors (Lipinski definition) is 0. The average Bonchev–Trinajstić information content (AvgIpc) is 3.01. The van der Waals surface area contributed by atoms with Crippen LogP contribution >= 0.6 is 15.9 Å². The molecule has 0 aliphatic carbocycles. The number of hydrogen-bond acceptors (Lipinski definition) is 4. The SMILES string of the molecule is CC(Cc1ccccc1)c1nnc(-c2cc(Br)cn(C)c2=O)o1. The Balaban J connectivity index is 1.87. The molecule has 0 saturated heterocycles. The predicted molar refractivity (Wildman–Crippen MR) is 91.2 cm³/mol. The number of nitrogens with zero attached hydrogens (tertiary/aromatic N) is 3. The van der Waals surface area contributed by atoms with Crippen LogP contribution in [0.15, 0.2) is 56.3 Å². The van der Waals surface area contributed by atoms with E-state index in [4.69, 9.17) is 4.42 Å². The zero-order valence-electron chi connectivity index (χ0n) is 12.9. The summed E-state index contributed by atoms with van der Waals surface area (Å²) in [4.78, 5) is 12.2. The first kappa shape index (κ1) is 15.7. The second kappa shape index (κ2) is 6.50. The standard InChI is InChI=1S/C17H16BrN3O2/c1-11(8-12-6-4-3-5-7-12)15-19-20-16(23-15)14-9-13(18)10-21(2)17(14)22/h3-7,9-11H,8H2,1-2H3. The summed E-state index contributed by atoms with van der Waals surface area (Å²) in [6, 6.07) is 11.8. The Morgan fingerprint density at radius 2 is 2.00 bits per heavy atom. The quantitative estimate of drug-likeness (QED) is 0.701. The molecule has 0 saturated carbocycles. The summed E-state index contributed by atoms with van der Waals surface area (Å²) in [5, 5.41) is 8.15. The van der Waals surface area contributed by atoms with Gasteiger partial charge >= 0.3 is 0 Å². The fourth-order valence-electron chi connectivity index (χ4n) is 2.42. The van der Waals surface area contributed by atoms with Crippen LogP contribution in [0.1, 0.15) is 24.3 Å². The Labute approximate surface area is 142 Å². The lowest BCUT2D eigenvalue weighted by molar-refractivity contribution is 0.465. The van der Waals surface area contributed by atoms with Crippen LogP contribution in [0.2, 0.25) is 0 Å². The van der Waals surface area contributed by atoms with Crippen molar-refractivity contribution in [3.63, 3.8) is 0 Å². The first-order valence-corrected chi connectivity index (χ1v) is 8.08. The highest BCUT2D eigenvalue weighted by atomic mass is 79.9. The second-order valence-corrected chi connectivity index (χ2v) is 6.44. The van der Waals surface area contributed by atoms with E-state index in [1.54, 1.807) is 19.3 Å². The molecule has 2 heterocycles. The average molecular weight is 374 g/mol. The second-order valence-electron chi connectivity index (χ2n) is 5.52. The first-order valence-electron chi connectivity index (χ1n) is 7.28. The van der Waals surface area contributed by atoms with Gasteiger partial charge in [0.25, 0.3) is 11.4 Å². The highest BCUT2D eigenvalue weighted by Crippen LogP contribution is 2.23. The van der Waals surface area contributed by atoms with E-state index in [0.717, 1.165) is 10.9 Å². The molecule has 0 aliphatic rings. The fourth-order valence-corrected chi connectivity index (χ4v) is 2.96. The number of aryl methyl sites for hydroxylation is 1. The van der Waals surface area contributed by atoms with Crippen molar-refractivity contribution in [3.05, 3.63) is 68.9 Å². The van der Waals surface area contributed by atoms with Crippen LogP contribution in [0.3, 0.4) is 0 Å². The molecule has 0 radical (unpaired) electrons. The third kappa shape index (κ3) is 3.42. The number of aromatic nitrogens is 3. The van der Waals surface area contributed by atoms with E-state index < -0.39 is 0 Å². The van der Waals surface area contributed by atoms with Gasteiger partial charge in [0.2, 0.25) is 5.89 Å². The number of halogens is 1. The normalized spacial score (nSPS) is 12.3. The van der Waals surface area contributed by atoms with Crippen molar-refractivity contribution in [1.82, 2.24) is 14.8 Å². The van der Waals surface area contributed by atoms with Gasteiger partial charge in [-0.2, -0.15) is 0 Å². The van der Waals surface area contributed by atoms with Gasteiger partial charge in [-0.1, -0.05) is 37.3 Å².